The van der Waals surface area contributed by atoms with Crippen LogP contribution in [0.5, 0.6) is 0 Å². The van der Waals surface area contributed by atoms with Gasteiger partial charge in [-0.1, -0.05) is 11.8 Å². The molecule has 0 unspecified atom stereocenters. The monoisotopic (exact) mass is 215 g/mol. The van der Waals surface area contributed by atoms with Gasteiger partial charge >= 0.3 is 0 Å². The molecule has 0 bridgehead atoms. The summed E-state index contributed by atoms with van der Waals surface area (Å²) in [5, 5.41) is 2.91. The van der Waals surface area contributed by atoms with E-state index in [9.17, 15) is 0 Å². The van der Waals surface area contributed by atoms with Gasteiger partial charge < -0.3 is 4.57 Å². The van der Waals surface area contributed by atoms with Gasteiger partial charge in [0.1, 0.15) is 0 Å². The minimum atomic E-state index is 0.817. The normalized spacial score (nSPS) is 13.8. The highest BCUT2D eigenvalue weighted by atomic mass is 32.2. The van der Waals surface area contributed by atoms with Crippen LogP contribution in [-0.4, -0.2) is 23.0 Å². The first-order valence-electron chi connectivity index (χ1n) is 3.85. The molecule has 0 amide bonds. The van der Waals surface area contributed by atoms with Crippen LogP contribution >= 0.6 is 23.1 Å². The fraction of sp³-hybridized carbons (Fsp3) is 0.500. The average molecular weight is 215 g/mol. The number of nitrogens with zero attached hydrogens (tertiary/aromatic N) is 3. The molecule has 0 saturated carbocycles. The van der Waals surface area contributed by atoms with Gasteiger partial charge in [0.25, 0.3) is 0 Å². The van der Waals surface area contributed by atoms with Crippen molar-refractivity contribution in [1.82, 2.24) is 4.57 Å². The van der Waals surface area contributed by atoms with Gasteiger partial charge in [-0.2, -0.15) is 4.99 Å². The number of hydrogen-bond donors (Lipinski definition) is 0. The van der Waals surface area contributed by atoms with Crippen molar-refractivity contribution >= 4 is 28.3 Å². The molecule has 1 aromatic heterocycles. The molecule has 5 heteroatoms. The summed E-state index contributed by atoms with van der Waals surface area (Å²) in [5.74, 6) is 0. The van der Waals surface area contributed by atoms with Crippen molar-refractivity contribution in [3.63, 3.8) is 0 Å². The van der Waals surface area contributed by atoms with Gasteiger partial charge in [-0.25, -0.2) is 0 Å². The Labute approximate surface area is 86.2 Å². The predicted molar refractivity (Wildman–Crippen MR) is 60.5 cm³/mol. The summed E-state index contributed by atoms with van der Waals surface area (Å²) >= 11 is 3.20. The molecule has 0 aliphatic rings. The highest BCUT2D eigenvalue weighted by molar-refractivity contribution is 8.13. The number of thiazole rings is 1. The summed E-state index contributed by atoms with van der Waals surface area (Å²) < 4.78 is 2.06. The lowest BCUT2D eigenvalue weighted by Crippen LogP contribution is -2.13. The van der Waals surface area contributed by atoms with E-state index in [4.69, 9.17) is 0 Å². The number of aromatic nitrogens is 1. The lowest BCUT2D eigenvalue weighted by molar-refractivity contribution is 0.838. The zero-order chi connectivity index (χ0) is 9.84. The molecule has 0 spiro atoms. The molecule has 1 heterocycles. The SMILES string of the molecule is CN=C(N=c1scc(C)n1C)SC. The standard InChI is InChI=1S/C8H13N3S2/c1-6-5-13-8(11(6)3)10-7(9-2)12-4/h5H,1-4H3. The largest absolute Gasteiger partial charge is 0.324 e. The van der Waals surface area contributed by atoms with Gasteiger partial charge in [-0.3, -0.25) is 4.99 Å². The zero-order valence-corrected chi connectivity index (χ0v) is 9.87. The van der Waals surface area contributed by atoms with Crippen LogP contribution in [0, 0.1) is 6.92 Å². The number of amidine groups is 1. The van der Waals surface area contributed by atoms with E-state index < -0.39 is 0 Å². The molecule has 1 aromatic rings. The van der Waals surface area contributed by atoms with Gasteiger partial charge in [0, 0.05) is 25.2 Å². The molecule has 72 valence electrons. The van der Waals surface area contributed by atoms with Crippen LogP contribution in [0.4, 0.5) is 0 Å². The first-order valence-corrected chi connectivity index (χ1v) is 5.96. The molecule has 0 aliphatic heterocycles. The van der Waals surface area contributed by atoms with Crippen molar-refractivity contribution in [1.29, 1.82) is 0 Å². The van der Waals surface area contributed by atoms with Gasteiger partial charge in [-0.15, -0.1) is 11.3 Å². The third-order valence-corrected chi connectivity index (χ3v) is 3.39. The molecule has 0 N–H and O–H groups in total. The van der Waals surface area contributed by atoms with Crippen molar-refractivity contribution in [2.24, 2.45) is 17.0 Å². The lowest BCUT2D eigenvalue weighted by Gasteiger charge is -1.95. The lowest BCUT2D eigenvalue weighted by atomic mass is 10.6. The second-order valence-corrected chi connectivity index (χ2v) is 4.15. The summed E-state index contributed by atoms with van der Waals surface area (Å²) in [4.78, 5) is 9.46. The Hall–Kier alpha value is -0.550. The van der Waals surface area contributed by atoms with Crippen LogP contribution < -0.4 is 4.80 Å². The van der Waals surface area contributed by atoms with Crippen molar-refractivity contribution in [3.8, 4) is 0 Å². The van der Waals surface area contributed by atoms with E-state index in [1.165, 1.54) is 5.69 Å². The van der Waals surface area contributed by atoms with Crippen LogP contribution in [0.3, 0.4) is 0 Å². The summed E-state index contributed by atoms with van der Waals surface area (Å²) in [6.07, 6.45) is 1.98. The van der Waals surface area contributed by atoms with E-state index in [2.05, 4.69) is 26.9 Å². The van der Waals surface area contributed by atoms with E-state index in [1.54, 1.807) is 30.1 Å². The summed E-state index contributed by atoms with van der Waals surface area (Å²) in [7, 11) is 3.77. The quantitative estimate of drug-likeness (QED) is 0.478. The van der Waals surface area contributed by atoms with E-state index in [1.807, 2.05) is 13.3 Å². The Kier molecular flexibility index (Phi) is 3.74. The third kappa shape index (κ3) is 2.45. The van der Waals surface area contributed by atoms with Gasteiger partial charge in [0.05, 0.1) is 0 Å². The molecule has 1 rings (SSSR count). The second kappa shape index (κ2) is 4.62. The van der Waals surface area contributed by atoms with E-state index in [0.29, 0.717) is 0 Å². The molecule has 0 aliphatic carbocycles. The maximum atomic E-state index is 4.41. The predicted octanol–water partition coefficient (Wildman–Crippen LogP) is 1.64. The number of aryl methyl sites for hydroxylation is 1. The maximum absolute atomic E-state index is 4.41. The molecular weight excluding hydrogens is 202 g/mol. The van der Waals surface area contributed by atoms with Crippen LogP contribution in [0.15, 0.2) is 15.4 Å². The number of aliphatic imine (C=N–C) groups is 1. The Balaban J connectivity index is 3.14. The Morgan fingerprint density at radius 1 is 1.62 bits per heavy atom. The molecule has 0 saturated heterocycles. The van der Waals surface area contributed by atoms with E-state index >= 15 is 0 Å². The summed E-state index contributed by atoms with van der Waals surface area (Å²) in [6, 6.07) is 0. The summed E-state index contributed by atoms with van der Waals surface area (Å²) in [5.41, 5.74) is 1.22. The van der Waals surface area contributed by atoms with Gasteiger partial charge in [-0.05, 0) is 13.2 Å². The minimum Gasteiger partial charge on any atom is -0.324 e. The van der Waals surface area contributed by atoms with Crippen LogP contribution in [0.1, 0.15) is 5.69 Å². The maximum Gasteiger partial charge on any atom is 0.191 e. The van der Waals surface area contributed by atoms with E-state index in [-0.39, 0.29) is 0 Å². The molecular formula is C8H13N3S2. The average Bonchev–Trinajstić information content (AvgIpc) is 2.45. The van der Waals surface area contributed by atoms with Crippen molar-refractivity contribution in [2.45, 2.75) is 6.92 Å². The van der Waals surface area contributed by atoms with Crippen molar-refractivity contribution in [3.05, 3.63) is 15.9 Å². The summed E-state index contributed by atoms with van der Waals surface area (Å²) in [6.45, 7) is 2.07. The van der Waals surface area contributed by atoms with Gasteiger partial charge in [0.2, 0.25) is 0 Å². The zero-order valence-electron chi connectivity index (χ0n) is 8.24. The molecule has 0 radical (unpaired) electrons. The molecule has 0 atom stereocenters. The Morgan fingerprint density at radius 2 is 2.31 bits per heavy atom. The molecule has 13 heavy (non-hydrogen) atoms. The highest BCUT2D eigenvalue weighted by Crippen LogP contribution is 2.00. The Morgan fingerprint density at radius 3 is 2.69 bits per heavy atom. The number of thioether (sulfide) groups is 1. The minimum absolute atomic E-state index is 0.817. The van der Waals surface area contributed by atoms with Crippen LogP contribution in [0.2, 0.25) is 0 Å². The number of rotatable bonds is 0. The molecule has 0 fully saturated rings. The smallest absolute Gasteiger partial charge is 0.191 e. The van der Waals surface area contributed by atoms with Crippen LogP contribution in [-0.2, 0) is 7.05 Å². The topological polar surface area (TPSA) is 29.6 Å². The second-order valence-electron chi connectivity index (χ2n) is 2.54. The molecule has 3 nitrogen and oxygen atoms in total. The molecule has 0 aromatic carbocycles. The van der Waals surface area contributed by atoms with Crippen molar-refractivity contribution < 1.29 is 0 Å². The van der Waals surface area contributed by atoms with Crippen LogP contribution in [0.25, 0.3) is 0 Å². The first-order chi connectivity index (χ1) is 6.19. The number of hydrogen-bond acceptors (Lipinski definition) is 3. The fourth-order valence-electron chi connectivity index (χ4n) is 0.817. The Bertz CT molecular complexity index is 373. The first kappa shape index (κ1) is 10.5. The fourth-order valence-corrected chi connectivity index (χ4v) is 2.11. The van der Waals surface area contributed by atoms with E-state index in [0.717, 1.165) is 9.97 Å². The van der Waals surface area contributed by atoms with Crippen molar-refractivity contribution in [2.75, 3.05) is 13.3 Å². The van der Waals surface area contributed by atoms with Gasteiger partial charge in [0.15, 0.2) is 9.97 Å². The highest BCUT2D eigenvalue weighted by Gasteiger charge is 1.96. The third-order valence-electron chi connectivity index (χ3n) is 1.72.